The number of carbonyl (C=O) groups is 1. The Labute approximate surface area is 155 Å². The fourth-order valence-electron chi connectivity index (χ4n) is 4.90. The summed E-state index contributed by atoms with van der Waals surface area (Å²) in [5.41, 5.74) is 4.23. The molecule has 0 bridgehead atoms. The third-order valence-electron chi connectivity index (χ3n) is 5.90. The van der Waals surface area contributed by atoms with Crippen molar-refractivity contribution in [2.45, 2.75) is 45.1 Å². The number of allylic oxidation sites excluding steroid dienone is 1. The first-order valence-corrected chi connectivity index (χ1v) is 9.79. The van der Waals surface area contributed by atoms with Crippen molar-refractivity contribution in [3.05, 3.63) is 47.9 Å². The van der Waals surface area contributed by atoms with E-state index < -0.39 is 0 Å². The molecule has 0 radical (unpaired) electrons. The van der Waals surface area contributed by atoms with Crippen molar-refractivity contribution in [1.82, 2.24) is 9.88 Å². The predicted molar refractivity (Wildman–Crippen MR) is 104 cm³/mol. The molecule has 1 aromatic heterocycles. The monoisotopic (exact) mass is 352 g/mol. The van der Waals surface area contributed by atoms with E-state index in [4.69, 9.17) is 4.74 Å². The van der Waals surface area contributed by atoms with E-state index >= 15 is 0 Å². The van der Waals surface area contributed by atoms with Crippen LogP contribution in [0.15, 0.2) is 36.7 Å². The number of ether oxygens (including phenoxy) is 1. The van der Waals surface area contributed by atoms with Crippen LogP contribution in [0.25, 0.3) is 10.9 Å². The van der Waals surface area contributed by atoms with Gasteiger partial charge in [-0.15, -0.1) is 0 Å². The maximum absolute atomic E-state index is 11.0. The molecule has 0 spiro atoms. The van der Waals surface area contributed by atoms with Crippen molar-refractivity contribution < 1.29 is 9.53 Å². The fourth-order valence-corrected chi connectivity index (χ4v) is 4.90. The molecule has 4 rings (SSSR count). The number of carbonyl (C=O) groups excluding carboxylic acids is 1. The number of aromatic nitrogens is 1. The maximum atomic E-state index is 11.0. The lowest BCUT2D eigenvalue weighted by Crippen LogP contribution is -2.50. The molecule has 1 aliphatic carbocycles. The number of aromatic amines is 1. The Morgan fingerprint density at radius 2 is 2.31 bits per heavy atom. The van der Waals surface area contributed by atoms with Gasteiger partial charge in [0, 0.05) is 47.6 Å². The number of fused-ring (bicyclic) bond motifs is 2. The number of piperidine rings is 1. The summed E-state index contributed by atoms with van der Waals surface area (Å²) < 4.78 is 5.68. The molecule has 26 heavy (non-hydrogen) atoms. The second-order valence-electron chi connectivity index (χ2n) is 7.81. The van der Waals surface area contributed by atoms with E-state index in [9.17, 15) is 4.79 Å². The summed E-state index contributed by atoms with van der Waals surface area (Å²) in [5.74, 6) is 1.09. The minimum atomic E-state index is 0.0280. The van der Waals surface area contributed by atoms with Gasteiger partial charge in [-0.3, -0.25) is 9.69 Å². The summed E-state index contributed by atoms with van der Waals surface area (Å²) in [6, 6.07) is 7.27. The van der Waals surface area contributed by atoms with Crippen molar-refractivity contribution in [1.29, 1.82) is 0 Å². The van der Waals surface area contributed by atoms with Crippen LogP contribution >= 0.6 is 0 Å². The van der Waals surface area contributed by atoms with E-state index in [-0.39, 0.29) is 5.78 Å². The number of hydrogen-bond acceptors (Lipinski definition) is 3. The zero-order chi connectivity index (χ0) is 18.1. The molecule has 1 N–H and O–H groups in total. The van der Waals surface area contributed by atoms with Crippen LogP contribution in [-0.2, 0) is 16.0 Å². The number of hydrogen-bond donors (Lipinski definition) is 1. The Balaban J connectivity index is 1.58. The lowest BCUT2D eigenvalue weighted by atomic mass is 9.72. The number of rotatable bonds is 6. The molecular weight excluding hydrogens is 324 g/mol. The normalized spacial score (nSPS) is 25.5. The molecule has 1 saturated heterocycles. The third-order valence-corrected chi connectivity index (χ3v) is 5.90. The van der Waals surface area contributed by atoms with E-state index in [0.29, 0.717) is 24.5 Å². The van der Waals surface area contributed by atoms with Crippen molar-refractivity contribution >= 4 is 16.7 Å². The van der Waals surface area contributed by atoms with E-state index in [1.165, 1.54) is 34.5 Å². The molecule has 138 valence electrons. The highest BCUT2D eigenvalue weighted by molar-refractivity contribution is 5.88. The van der Waals surface area contributed by atoms with E-state index in [0.717, 1.165) is 25.9 Å². The van der Waals surface area contributed by atoms with Crippen LogP contribution in [0.3, 0.4) is 0 Å². The van der Waals surface area contributed by atoms with Crippen LogP contribution in [0.5, 0.6) is 0 Å². The number of H-pyrrole nitrogens is 1. The molecule has 1 aromatic carbocycles. The van der Waals surface area contributed by atoms with Crippen LogP contribution in [0.4, 0.5) is 0 Å². The lowest BCUT2D eigenvalue weighted by Gasteiger charge is -2.47. The highest BCUT2D eigenvalue weighted by Gasteiger charge is 2.40. The third kappa shape index (κ3) is 3.18. The molecular formula is C22H28N2O2. The molecule has 1 fully saturated rings. The molecule has 3 atom stereocenters. The first-order valence-electron chi connectivity index (χ1n) is 9.79. The summed E-state index contributed by atoms with van der Waals surface area (Å²) in [7, 11) is 0. The number of benzene rings is 1. The van der Waals surface area contributed by atoms with E-state index in [2.05, 4.69) is 41.2 Å². The molecule has 2 unspecified atom stereocenters. The Hall–Kier alpha value is -2.07. The van der Waals surface area contributed by atoms with Gasteiger partial charge in [-0.1, -0.05) is 19.1 Å². The number of ketones is 1. The molecule has 0 amide bonds. The van der Waals surface area contributed by atoms with Gasteiger partial charge in [-0.05, 0) is 49.9 Å². The molecule has 1 aliphatic heterocycles. The van der Waals surface area contributed by atoms with Crippen molar-refractivity contribution in [2.75, 3.05) is 19.7 Å². The maximum Gasteiger partial charge on any atom is 0.155 e. The van der Waals surface area contributed by atoms with Crippen molar-refractivity contribution in [3.63, 3.8) is 0 Å². The Bertz CT molecular complexity index is 823. The van der Waals surface area contributed by atoms with Gasteiger partial charge in [-0.2, -0.15) is 0 Å². The minimum Gasteiger partial charge on any atom is -0.501 e. The summed E-state index contributed by atoms with van der Waals surface area (Å²) in [6.07, 6.45) is 8.73. The number of likely N-dealkylation sites (tertiary alicyclic amines) is 1. The molecule has 2 aliphatic rings. The second kappa shape index (κ2) is 7.28. The molecule has 4 heteroatoms. The van der Waals surface area contributed by atoms with Crippen LogP contribution in [0, 0.1) is 5.92 Å². The van der Waals surface area contributed by atoms with Crippen molar-refractivity contribution in [2.24, 2.45) is 5.92 Å². The average molecular weight is 352 g/mol. The number of nitrogens with one attached hydrogen (secondary N) is 1. The van der Waals surface area contributed by atoms with Gasteiger partial charge in [0.1, 0.15) is 0 Å². The summed E-state index contributed by atoms with van der Waals surface area (Å²) >= 11 is 0. The molecule has 0 saturated carbocycles. The van der Waals surface area contributed by atoms with Gasteiger partial charge < -0.3 is 9.72 Å². The zero-order valence-electron chi connectivity index (χ0n) is 15.7. The second-order valence-corrected chi connectivity index (χ2v) is 7.81. The quantitative estimate of drug-likeness (QED) is 0.631. The Kier molecular flexibility index (Phi) is 4.86. The zero-order valence-corrected chi connectivity index (χ0v) is 15.7. The summed E-state index contributed by atoms with van der Waals surface area (Å²) in [6.45, 7) is 6.71. The smallest absolute Gasteiger partial charge is 0.155 e. The van der Waals surface area contributed by atoms with Gasteiger partial charge in [0.15, 0.2) is 5.78 Å². The molecule has 4 nitrogen and oxygen atoms in total. The van der Waals surface area contributed by atoms with Gasteiger partial charge in [-0.25, -0.2) is 0 Å². The molecule has 2 heterocycles. The van der Waals surface area contributed by atoms with Gasteiger partial charge in [0.25, 0.3) is 0 Å². The first kappa shape index (κ1) is 17.3. The Morgan fingerprint density at radius 3 is 3.12 bits per heavy atom. The summed E-state index contributed by atoms with van der Waals surface area (Å²) in [5, 5.41) is 1.45. The van der Waals surface area contributed by atoms with Crippen LogP contribution in [0.2, 0.25) is 0 Å². The Morgan fingerprint density at radius 1 is 1.42 bits per heavy atom. The highest BCUT2D eigenvalue weighted by atomic mass is 16.5. The topological polar surface area (TPSA) is 45.3 Å². The van der Waals surface area contributed by atoms with Gasteiger partial charge in [0.05, 0.1) is 12.9 Å². The van der Waals surface area contributed by atoms with Crippen LogP contribution in [0.1, 0.15) is 43.7 Å². The summed E-state index contributed by atoms with van der Waals surface area (Å²) in [4.78, 5) is 17.2. The minimum absolute atomic E-state index is 0.0280. The van der Waals surface area contributed by atoms with Crippen LogP contribution < -0.4 is 0 Å². The largest absolute Gasteiger partial charge is 0.501 e. The number of nitrogens with zero attached hydrogens (tertiary/aromatic N) is 1. The first-order chi connectivity index (χ1) is 12.7. The van der Waals surface area contributed by atoms with E-state index in [1.807, 2.05) is 0 Å². The van der Waals surface area contributed by atoms with Crippen molar-refractivity contribution in [3.8, 4) is 0 Å². The lowest BCUT2D eigenvalue weighted by molar-refractivity contribution is -0.112. The predicted octanol–water partition coefficient (Wildman–Crippen LogP) is 4.03. The van der Waals surface area contributed by atoms with Crippen LogP contribution in [-0.4, -0.2) is 41.4 Å². The standard InChI is InChI=1S/C22H28N2O2/c1-3-8-24-13-16(14-26-9-7-15(2)25)10-19-18-5-4-6-20-22(18)17(12-23-20)11-21(19)24/h4-7,9,12,16,19,21,23H,3,8,10-11,13-14H2,1-2H3/t16?,19?,21-/m1/s1. The SMILES string of the molecule is CCCN1CC(COC=CC(C)=O)CC2c3cccc4[nH]cc(c34)C[C@H]21. The van der Waals surface area contributed by atoms with E-state index in [1.54, 1.807) is 13.2 Å². The van der Waals surface area contributed by atoms with Gasteiger partial charge in [0.2, 0.25) is 0 Å². The molecule has 2 aromatic rings. The highest BCUT2D eigenvalue weighted by Crippen LogP contribution is 2.44. The average Bonchev–Trinajstić information content (AvgIpc) is 3.04. The van der Waals surface area contributed by atoms with Gasteiger partial charge >= 0.3 is 0 Å². The fraction of sp³-hybridized carbons (Fsp3) is 0.500.